The molecule has 1 aromatic carbocycles. The minimum absolute atomic E-state index is 0.281. The van der Waals surface area contributed by atoms with Crippen molar-refractivity contribution in [3.63, 3.8) is 0 Å². The zero-order chi connectivity index (χ0) is 15.2. The standard InChI is InChI=1S/C17H22N2S2/c1-4-18(5-2)17(20)21-14(3)19-13-9-12-16(19)15-10-7-6-8-11-15/h6-14H,4-5H2,1-3H3. The summed E-state index contributed by atoms with van der Waals surface area (Å²) in [6.45, 7) is 8.42. The quantitative estimate of drug-likeness (QED) is 0.715. The molecule has 0 bridgehead atoms. The Kier molecular flexibility index (Phi) is 5.88. The van der Waals surface area contributed by atoms with Crippen molar-refractivity contribution in [1.82, 2.24) is 9.47 Å². The Bertz CT molecular complexity index is 573. The van der Waals surface area contributed by atoms with Gasteiger partial charge in [-0.1, -0.05) is 54.3 Å². The Morgan fingerprint density at radius 1 is 1.14 bits per heavy atom. The molecule has 112 valence electrons. The fourth-order valence-corrected chi connectivity index (χ4v) is 4.00. The summed E-state index contributed by atoms with van der Waals surface area (Å²) in [6.07, 6.45) is 2.13. The summed E-state index contributed by atoms with van der Waals surface area (Å²) < 4.78 is 3.26. The number of aromatic nitrogens is 1. The highest BCUT2D eigenvalue weighted by molar-refractivity contribution is 8.22. The van der Waals surface area contributed by atoms with E-state index in [-0.39, 0.29) is 5.37 Å². The second kappa shape index (κ2) is 7.66. The van der Waals surface area contributed by atoms with Gasteiger partial charge in [0.15, 0.2) is 0 Å². The normalized spacial score (nSPS) is 12.1. The van der Waals surface area contributed by atoms with Crippen LogP contribution in [-0.2, 0) is 0 Å². The van der Waals surface area contributed by atoms with Crippen molar-refractivity contribution in [3.05, 3.63) is 48.7 Å². The van der Waals surface area contributed by atoms with Gasteiger partial charge in [-0.3, -0.25) is 0 Å². The van der Waals surface area contributed by atoms with Crippen molar-refractivity contribution < 1.29 is 0 Å². The van der Waals surface area contributed by atoms with Crippen LogP contribution >= 0.6 is 24.0 Å². The maximum absolute atomic E-state index is 5.56. The lowest BCUT2D eigenvalue weighted by Crippen LogP contribution is -2.27. The van der Waals surface area contributed by atoms with Gasteiger partial charge in [-0.15, -0.1) is 0 Å². The van der Waals surface area contributed by atoms with Crippen molar-refractivity contribution in [3.8, 4) is 11.3 Å². The third kappa shape index (κ3) is 3.89. The fraction of sp³-hybridized carbons (Fsp3) is 0.353. The van der Waals surface area contributed by atoms with Gasteiger partial charge in [-0.2, -0.15) is 0 Å². The van der Waals surface area contributed by atoms with E-state index >= 15 is 0 Å². The highest BCUT2D eigenvalue weighted by Gasteiger charge is 2.15. The van der Waals surface area contributed by atoms with Crippen LogP contribution in [0.5, 0.6) is 0 Å². The molecule has 0 saturated heterocycles. The van der Waals surface area contributed by atoms with Crippen molar-refractivity contribution in [2.75, 3.05) is 13.1 Å². The molecule has 0 spiro atoms. The lowest BCUT2D eigenvalue weighted by Gasteiger charge is -2.24. The average Bonchev–Trinajstić information content (AvgIpc) is 2.99. The van der Waals surface area contributed by atoms with Crippen LogP contribution in [0.3, 0.4) is 0 Å². The smallest absolute Gasteiger partial charge is 0.138 e. The first-order chi connectivity index (χ1) is 10.2. The number of nitrogens with zero attached hydrogens (tertiary/aromatic N) is 2. The predicted molar refractivity (Wildman–Crippen MR) is 97.7 cm³/mol. The molecule has 0 aliphatic carbocycles. The summed E-state index contributed by atoms with van der Waals surface area (Å²) in [5.74, 6) is 0. The van der Waals surface area contributed by atoms with E-state index < -0.39 is 0 Å². The van der Waals surface area contributed by atoms with Gasteiger partial charge in [0.1, 0.15) is 4.32 Å². The second-order valence-corrected chi connectivity index (χ2v) is 6.77. The Morgan fingerprint density at radius 2 is 1.81 bits per heavy atom. The van der Waals surface area contributed by atoms with E-state index in [4.69, 9.17) is 12.2 Å². The molecule has 0 aliphatic rings. The van der Waals surface area contributed by atoms with Crippen molar-refractivity contribution in [2.24, 2.45) is 0 Å². The van der Waals surface area contributed by atoms with Gasteiger partial charge in [-0.05, 0) is 38.5 Å². The molecule has 1 heterocycles. The number of hydrogen-bond donors (Lipinski definition) is 0. The van der Waals surface area contributed by atoms with Gasteiger partial charge in [0.25, 0.3) is 0 Å². The van der Waals surface area contributed by atoms with Crippen LogP contribution in [0.15, 0.2) is 48.7 Å². The zero-order valence-corrected chi connectivity index (χ0v) is 14.5. The third-order valence-electron chi connectivity index (χ3n) is 3.53. The van der Waals surface area contributed by atoms with Crippen LogP contribution in [0.25, 0.3) is 11.3 Å². The van der Waals surface area contributed by atoms with Gasteiger partial charge in [0, 0.05) is 25.0 Å². The molecule has 0 amide bonds. The molecular formula is C17H22N2S2. The lowest BCUT2D eigenvalue weighted by molar-refractivity contribution is 0.482. The maximum Gasteiger partial charge on any atom is 0.138 e. The predicted octanol–water partition coefficient (Wildman–Crippen LogP) is 5.03. The highest BCUT2D eigenvalue weighted by atomic mass is 32.2. The summed E-state index contributed by atoms with van der Waals surface area (Å²) in [7, 11) is 0. The Labute approximate surface area is 137 Å². The van der Waals surface area contributed by atoms with Crippen LogP contribution in [-0.4, -0.2) is 26.9 Å². The number of thiocarbonyl (C=S) groups is 1. The topological polar surface area (TPSA) is 8.17 Å². The summed E-state index contributed by atoms with van der Waals surface area (Å²) in [4.78, 5) is 2.22. The lowest BCUT2D eigenvalue weighted by atomic mass is 10.1. The molecule has 0 radical (unpaired) electrons. The zero-order valence-electron chi connectivity index (χ0n) is 12.8. The van der Waals surface area contributed by atoms with E-state index in [0.717, 1.165) is 17.4 Å². The summed E-state index contributed by atoms with van der Waals surface area (Å²) in [5.41, 5.74) is 2.47. The van der Waals surface area contributed by atoms with Gasteiger partial charge in [0.2, 0.25) is 0 Å². The summed E-state index contributed by atoms with van der Waals surface area (Å²) in [6, 6.07) is 14.7. The number of benzene rings is 1. The van der Waals surface area contributed by atoms with Crippen LogP contribution in [0.2, 0.25) is 0 Å². The molecular weight excluding hydrogens is 296 g/mol. The highest BCUT2D eigenvalue weighted by Crippen LogP contribution is 2.31. The average molecular weight is 319 g/mol. The third-order valence-corrected chi connectivity index (χ3v) is 5.11. The Balaban J connectivity index is 2.16. The molecule has 2 rings (SSSR count). The molecule has 1 atom stereocenters. The van der Waals surface area contributed by atoms with Crippen LogP contribution < -0.4 is 0 Å². The second-order valence-electron chi connectivity index (χ2n) is 4.82. The molecule has 2 nitrogen and oxygen atoms in total. The molecule has 2 aromatic rings. The summed E-state index contributed by atoms with van der Waals surface area (Å²) >= 11 is 7.30. The maximum atomic E-state index is 5.56. The molecule has 1 aromatic heterocycles. The first kappa shape index (κ1) is 16.1. The van der Waals surface area contributed by atoms with Crippen molar-refractivity contribution in [1.29, 1.82) is 0 Å². The molecule has 0 aliphatic heterocycles. The number of rotatable bonds is 5. The number of thioether (sulfide) groups is 1. The van der Waals surface area contributed by atoms with Gasteiger partial charge < -0.3 is 9.47 Å². The minimum atomic E-state index is 0.281. The SMILES string of the molecule is CCN(CC)C(=S)SC(C)n1cccc1-c1ccccc1. The molecule has 0 saturated carbocycles. The monoisotopic (exact) mass is 318 g/mol. The van der Waals surface area contributed by atoms with Gasteiger partial charge in [0.05, 0.1) is 5.37 Å². The van der Waals surface area contributed by atoms with E-state index in [1.54, 1.807) is 11.8 Å². The largest absolute Gasteiger partial charge is 0.358 e. The first-order valence-corrected chi connectivity index (χ1v) is 8.64. The minimum Gasteiger partial charge on any atom is -0.358 e. The fourth-order valence-electron chi connectivity index (χ4n) is 2.32. The van der Waals surface area contributed by atoms with E-state index in [0.29, 0.717) is 0 Å². The van der Waals surface area contributed by atoms with Crippen molar-refractivity contribution >= 4 is 28.3 Å². The summed E-state index contributed by atoms with van der Waals surface area (Å²) in [5, 5.41) is 0.281. The first-order valence-electron chi connectivity index (χ1n) is 7.35. The molecule has 1 unspecified atom stereocenters. The van der Waals surface area contributed by atoms with E-state index in [9.17, 15) is 0 Å². The molecule has 0 fully saturated rings. The Morgan fingerprint density at radius 3 is 2.43 bits per heavy atom. The van der Waals surface area contributed by atoms with E-state index in [1.807, 2.05) is 6.07 Å². The van der Waals surface area contributed by atoms with E-state index in [2.05, 4.69) is 72.8 Å². The molecule has 0 N–H and O–H groups in total. The van der Waals surface area contributed by atoms with Crippen molar-refractivity contribution in [2.45, 2.75) is 26.1 Å². The molecule has 21 heavy (non-hydrogen) atoms. The molecule has 4 heteroatoms. The van der Waals surface area contributed by atoms with Gasteiger partial charge >= 0.3 is 0 Å². The number of hydrogen-bond acceptors (Lipinski definition) is 2. The van der Waals surface area contributed by atoms with Gasteiger partial charge in [-0.25, -0.2) is 0 Å². The van der Waals surface area contributed by atoms with Crippen LogP contribution in [0.1, 0.15) is 26.1 Å². The van der Waals surface area contributed by atoms with Crippen LogP contribution in [0.4, 0.5) is 0 Å². The van der Waals surface area contributed by atoms with Crippen LogP contribution in [0, 0.1) is 0 Å². The Hall–Kier alpha value is -1.26. The van der Waals surface area contributed by atoms with E-state index in [1.165, 1.54) is 11.3 Å².